The third-order valence-electron chi connectivity index (χ3n) is 8.49. The second-order valence-corrected chi connectivity index (χ2v) is 9.88. The summed E-state index contributed by atoms with van der Waals surface area (Å²) in [4.78, 5) is 11.2. The lowest BCUT2D eigenvalue weighted by Crippen LogP contribution is -2.52. The fraction of sp³-hybridized carbons (Fsp3) is 0.560. The number of alkyl halides is 1. The monoisotopic (exact) mass is 412 g/mol. The normalized spacial score (nSPS) is 38.4. The number of rotatable bonds is 3. The van der Waals surface area contributed by atoms with E-state index in [0.717, 1.165) is 51.4 Å². The van der Waals surface area contributed by atoms with Crippen molar-refractivity contribution in [2.45, 2.75) is 57.0 Å². The highest BCUT2D eigenvalue weighted by Crippen LogP contribution is 2.66. The highest BCUT2D eigenvalue weighted by atomic mass is 35.5. The molecule has 0 bridgehead atoms. The molecule has 1 aromatic carbocycles. The molecule has 0 spiro atoms. The van der Waals surface area contributed by atoms with Crippen molar-refractivity contribution in [3.8, 4) is 0 Å². The van der Waals surface area contributed by atoms with Gasteiger partial charge in [-0.3, -0.25) is 4.79 Å². The summed E-state index contributed by atoms with van der Waals surface area (Å²) < 4.78 is 5.65. The molecule has 5 rings (SSSR count). The van der Waals surface area contributed by atoms with E-state index < -0.39 is 5.60 Å². The van der Waals surface area contributed by atoms with E-state index in [2.05, 4.69) is 19.1 Å². The van der Waals surface area contributed by atoms with Crippen LogP contribution >= 0.6 is 11.6 Å². The maximum atomic E-state index is 11.5. The van der Waals surface area contributed by atoms with E-state index in [1.807, 2.05) is 18.4 Å². The smallest absolute Gasteiger partial charge is 0.150 e. The maximum Gasteiger partial charge on any atom is 0.150 e. The number of halogens is 1. The zero-order valence-corrected chi connectivity index (χ0v) is 17.8. The Morgan fingerprint density at radius 3 is 2.76 bits per heavy atom. The summed E-state index contributed by atoms with van der Waals surface area (Å²) in [6.45, 7) is 3.02. The van der Waals surface area contributed by atoms with Crippen molar-refractivity contribution in [1.29, 1.82) is 0 Å². The maximum absolute atomic E-state index is 11.5. The van der Waals surface area contributed by atoms with Crippen molar-refractivity contribution in [3.63, 3.8) is 0 Å². The quantitative estimate of drug-likeness (QED) is 0.535. The fourth-order valence-corrected chi connectivity index (χ4v) is 7.30. The predicted molar refractivity (Wildman–Crippen MR) is 114 cm³/mol. The van der Waals surface area contributed by atoms with Gasteiger partial charge in [-0.15, -0.1) is 11.6 Å². The Morgan fingerprint density at radius 2 is 2.03 bits per heavy atom. The number of hydrogen-bond donors (Lipinski definition) is 1. The number of allylic oxidation sites excluding steroid dienone is 2. The topological polar surface area (TPSA) is 46.5 Å². The first-order chi connectivity index (χ1) is 14.0. The first-order valence-electron chi connectivity index (χ1n) is 10.9. The van der Waals surface area contributed by atoms with Crippen LogP contribution in [0.3, 0.4) is 0 Å². The minimum atomic E-state index is -0.803. The van der Waals surface area contributed by atoms with Crippen molar-refractivity contribution < 1.29 is 14.6 Å². The number of ether oxygens (including phenoxy) is 1. The van der Waals surface area contributed by atoms with Gasteiger partial charge in [-0.1, -0.05) is 36.8 Å². The summed E-state index contributed by atoms with van der Waals surface area (Å²) in [6.07, 6.45) is 8.78. The average molecular weight is 413 g/mol. The van der Waals surface area contributed by atoms with Crippen molar-refractivity contribution in [2.24, 2.45) is 17.3 Å². The third kappa shape index (κ3) is 2.77. The van der Waals surface area contributed by atoms with E-state index in [0.29, 0.717) is 23.3 Å². The lowest BCUT2D eigenvalue weighted by molar-refractivity contribution is -0.0768. The lowest BCUT2D eigenvalue weighted by atomic mass is 9.51. The second-order valence-electron chi connectivity index (χ2n) is 9.61. The largest absolute Gasteiger partial charge is 0.501 e. The van der Waals surface area contributed by atoms with Gasteiger partial charge in [0.2, 0.25) is 0 Å². The molecule has 29 heavy (non-hydrogen) atoms. The Hall–Kier alpha value is -1.58. The molecule has 0 saturated heterocycles. The molecule has 1 aliphatic heterocycles. The van der Waals surface area contributed by atoms with Crippen LogP contribution in [0.25, 0.3) is 0 Å². The molecule has 1 heterocycles. The van der Waals surface area contributed by atoms with Gasteiger partial charge in [0.05, 0.1) is 24.4 Å². The molecular formula is C25H29ClO3. The van der Waals surface area contributed by atoms with E-state index in [1.165, 1.54) is 16.7 Å². The van der Waals surface area contributed by atoms with Crippen LogP contribution in [0.1, 0.15) is 67.3 Å². The first-order valence-corrected chi connectivity index (χ1v) is 11.4. The van der Waals surface area contributed by atoms with Gasteiger partial charge in [0, 0.05) is 23.3 Å². The number of carbonyl (C=O) groups excluding carboxylic acids is 1. The highest BCUT2D eigenvalue weighted by molar-refractivity contribution is 6.18. The average Bonchev–Trinajstić information content (AvgIpc) is 3.04. The summed E-state index contributed by atoms with van der Waals surface area (Å²) in [5.74, 6) is 1.52. The number of benzene rings is 1. The van der Waals surface area contributed by atoms with Gasteiger partial charge >= 0.3 is 0 Å². The van der Waals surface area contributed by atoms with Crippen LogP contribution in [0.15, 0.2) is 47.2 Å². The standard InChI is InChI=1S/C25H29ClO3/c1-24-12-21(17-4-2-16(13-27)3-5-17)23-19-9-11-29-14-18(19)6-7-20(23)22(24)8-10-25(24,28)15-26/h2-5,13-14,20-22,28H,6-12,15H2,1H3/t20?,21-,22?,24+,25-/m1/s1. The van der Waals surface area contributed by atoms with Gasteiger partial charge in [0.15, 0.2) is 0 Å². The molecular weight excluding hydrogens is 384 g/mol. The summed E-state index contributed by atoms with van der Waals surface area (Å²) in [5.41, 5.74) is 5.40. The Kier molecular flexibility index (Phi) is 4.67. The van der Waals surface area contributed by atoms with Crippen LogP contribution in [0.5, 0.6) is 0 Å². The molecule has 4 aliphatic rings. The van der Waals surface area contributed by atoms with Gasteiger partial charge in [0.25, 0.3) is 0 Å². The molecule has 3 aliphatic carbocycles. The van der Waals surface area contributed by atoms with Crippen LogP contribution < -0.4 is 0 Å². The molecule has 1 N–H and O–H groups in total. The molecule has 0 radical (unpaired) electrons. The molecule has 2 unspecified atom stereocenters. The summed E-state index contributed by atoms with van der Waals surface area (Å²) in [6, 6.07) is 8.05. The van der Waals surface area contributed by atoms with Gasteiger partial charge in [-0.25, -0.2) is 0 Å². The molecule has 0 aromatic heterocycles. The summed E-state index contributed by atoms with van der Waals surface area (Å²) in [5, 5.41) is 11.5. The van der Waals surface area contributed by atoms with Crippen LogP contribution in [-0.4, -0.2) is 29.5 Å². The number of aldehydes is 1. The fourth-order valence-electron chi connectivity index (χ4n) is 6.86. The highest BCUT2D eigenvalue weighted by Gasteiger charge is 2.62. The zero-order chi connectivity index (χ0) is 20.2. The molecule has 154 valence electrons. The Labute approximate surface area is 177 Å². The van der Waals surface area contributed by atoms with Gasteiger partial charge in [-0.2, -0.15) is 0 Å². The third-order valence-corrected chi connectivity index (χ3v) is 8.93. The molecule has 0 amide bonds. The molecule has 1 aromatic rings. The number of hydrogen-bond acceptors (Lipinski definition) is 3. The van der Waals surface area contributed by atoms with Crippen molar-refractivity contribution >= 4 is 17.9 Å². The Bertz CT molecular complexity index is 886. The van der Waals surface area contributed by atoms with E-state index in [4.69, 9.17) is 16.3 Å². The second kappa shape index (κ2) is 6.99. The summed E-state index contributed by atoms with van der Waals surface area (Å²) >= 11 is 6.35. The van der Waals surface area contributed by atoms with Gasteiger partial charge < -0.3 is 9.84 Å². The first kappa shape index (κ1) is 19.4. The van der Waals surface area contributed by atoms with Crippen LogP contribution in [0.2, 0.25) is 0 Å². The van der Waals surface area contributed by atoms with Crippen molar-refractivity contribution in [3.05, 3.63) is 58.4 Å². The van der Waals surface area contributed by atoms with E-state index in [-0.39, 0.29) is 11.3 Å². The van der Waals surface area contributed by atoms with Gasteiger partial charge in [0.1, 0.15) is 6.29 Å². The Morgan fingerprint density at radius 1 is 1.24 bits per heavy atom. The lowest BCUT2D eigenvalue weighted by Gasteiger charge is -2.54. The molecule has 5 atom stereocenters. The molecule has 4 heteroatoms. The summed E-state index contributed by atoms with van der Waals surface area (Å²) in [7, 11) is 0. The van der Waals surface area contributed by atoms with E-state index in [1.54, 1.807) is 5.57 Å². The predicted octanol–water partition coefficient (Wildman–Crippen LogP) is 5.38. The van der Waals surface area contributed by atoms with Crippen molar-refractivity contribution in [1.82, 2.24) is 0 Å². The molecule has 2 saturated carbocycles. The molecule has 2 fully saturated rings. The minimum absolute atomic E-state index is 0.191. The minimum Gasteiger partial charge on any atom is -0.501 e. The van der Waals surface area contributed by atoms with Crippen LogP contribution in [-0.2, 0) is 4.74 Å². The Balaban J connectivity index is 1.67. The van der Waals surface area contributed by atoms with Gasteiger partial charge in [-0.05, 0) is 60.6 Å². The number of carbonyl (C=O) groups is 1. The number of aliphatic hydroxyl groups is 1. The van der Waals surface area contributed by atoms with Crippen molar-refractivity contribution in [2.75, 3.05) is 12.5 Å². The van der Waals surface area contributed by atoms with E-state index in [9.17, 15) is 9.90 Å². The van der Waals surface area contributed by atoms with Crippen LogP contribution in [0.4, 0.5) is 0 Å². The van der Waals surface area contributed by atoms with E-state index >= 15 is 0 Å². The van der Waals surface area contributed by atoms with Crippen LogP contribution in [0, 0.1) is 17.3 Å². The number of fused-ring (bicyclic) bond motifs is 4. The SMILES string of the molecule is C[C@]12C[C@H](c3ccc(C=O)cc3)C3=C4CCOC=C4CCC3C1CC[C@@]2(O)CCl. The molecule has 3 nitrogen and oxygen atoms in total. The zero-order valence-electron chi connectivity index (χ0n) is 17.0.